The molecule has 63 heavy (non-hydrogen) atoms. The first kappa shape index (κ1) is 57.7. The van der Waals surface area contributed by atoms with Crippen LogP contribution in [0, 0.1) is 0 Å². The molecule has 2 aliphatic rings. The smallest absolute Gasteiger partial charge is 0.256 e. The van der Waals surface area contributed by atoms with E-state index in [1.54, 1.807) is 21.0 Å². The molecule has 362 valence electrons. The molecule has 0 aromatic heterocycles. The minimum Gasteiger partial charge on any atom is -0.382 e. The van der Waals surface area contributed by atoms with Gasteiger partial charge >= 0.3 is 0 Å². The Bertz CT molecular complexity index is 1340. The molecule has 0 saturated carbocycles. The van der Waals surface area contributed by atoms with Crippen LogP contribution in [0.1, 0.15) is 65.7 Å². The van der Waals surface area contributed by atoms with Crippen LogP contribution in [0.15, 0.2) is 23.3 Å². The maximum atomic E-state index is 11.9. The van der Waals surface area contributed by atoms with Crippen molar-refractivity contribution in [3.05, 3.63) is 23.3 Å². The molecular formula is C44H74N2O17. The van der Waals surface area contributed by atoms with Gasteiger partial charge in [-0.2, -0.15) is 0 Å². The summed E-state index contributed by atoms with van der Waals surface area (Å²) < 4.78 is 58.7. The highest BCUT2D eigenvalue weighted by atomic mass is 16.6. The maximum Gasteiger partial charge on any atom is 0.256 e. The van der Waals surface area contributed by atoms with Crippen molar-refractivity contribution in [2.75, 3.05) is 159 Å². The van der Waals surface area contributed by atoms with Crippen LogP contribution in [-0.2, 0) is 80.9 Å². The van der Waals surface area contributed by atoms with Crippen LogP contribution in [0.2, 0.25) is 0 Å². The van der Waals surface area contributed by atoms with Crippen LogP contribution in [-0.4, -0.2) is 204 Å². The molecule has 0 unspecified atom stereocenters. The van der Waals surface area contributed by atoms with E-state index in [0.29, 0.717) is 169 Å². The topological polar surface area (TPSA) is 210 Å². The fourth-order valence-corrected chi connectivity index (χ4v) is 5.41. The number of hydrogen-bond acceptors (Lipinski definition) is 17. The molecule has 2 aliphatic heterocycles. The predicted molar refractivity (Wildman–Crippen MR) is 229 cm³/mol. The van der Waals surface area contributed by atoms with Gasteiger partial charge in [-0.3, -0.25) is 38.6 Å². The van der Waals surface area contributed by atoms with Gasteiger partial charge in [-0.15, -0.1) is 0 Å². The number of carbonyl (C=O) groups excluding carboxylic acids is 6. The Labute approximate surface area is 373 Å². The Morgan fingerprint density at radius 1 is 0.413 bits per heavy atom. The molecule has 0 bridgehead atoms. The van der Waals surface area contributed by atoms with Gasteiger partial charge < -0.3 is 52.1 Å². The van der Waals surface area contributed by atoms with Gasteiger partial charge in [0.2, 0.25) is 0 Å². The van der Waals surface area contributed by atoms with Crippen molar-refractivity contribution in [3.63, 3.8) is 0 Å². The molecule has 19 nitrogen and oxygen atoms in total. The van der Waals surface area contributed by atoms with Crippen molar-refractivity contribution >= 4 is 35.2 Å². The predicted octanol–water partition coefficient (Wildman–Crippen LogP) is 2.30. The molecule has 0 N–H and O–H groups in total. The number of methoxy groups -OCH3 is 1. The summed E-state index contributed by atoms with van der Waals surface area (Å²) in [5, 5.41) is 0. The van der Waals surface area contributed by atoms with Crippen LogP contribution in [0.3, 0.4) is 0 Å². The summed E-state index contributed by atoms with van der Waals surface area (Å²) in [6.07, 6.45) is 5.92. The largest absolute Gasteiger partial charge is 0.382 e. The summed E-state index contributed by atoms with van der Waals surface area (Å²) in [4.78, 5) is 72.6. The number of ether oxygens (including phenoxy) is 11. The zero-order chi connectivity index (χ0) is 46.2. The summed E-state index contributed by atoms with van der Waals surface area (Å²) >= 11 is 0. The Morgan fingerprint density at radius 2 is 0.683 bits per heavy atom. The number of nitrogens with zero attached hydrogens (tertiary/aromatic N) is 2. The van der Waals surface area contributed by atoms with Gasteiger partial charge in [-0.25, -0.2) is 0 Å². The second-order valence-electron chi connectivity index (χ2n) is 14.1. The molecular weight excluding hydrogens is 828 g/mol. The van der Waals surface area contributed by atoms with E-state index in [4.69, 9.17) is 52.1 Å². The van der Waals surface area contributed by atoms with Gasteiger partial charge in [0.25, 0.3) is 23.6 Å². The number of amides is 4. The maximum absolute atomic E-state index is 11.9. The van der Waals surface area contributed by atoms with E-state index in [9.17, 15) is 28.8 Å². The third-order valence-electron chi connectivity index (χ3n) is 8.85. The number of Topliss-reactive ketones (excluding diaryl/α,β-unsaturated/α-hetero) is 2. The summed E-state index contributed by atoms with van der Waals surface area (Å²) in [6, 6.07) is 0. The third-order valence-corrected chi connectivity index (χ3v) is 8.85. The minimum atomic E-state index is -0.349. The Morgan fingerprint density at radius 3 is 0.937 bits per heavy atom. The van der Waals surface area contributed by atoms with Crippen molar-refractivity contribution in [3.8, 4) is 0 Å². The van der Waals surface area contributed by atoms with Gasteiger partial charge in [-0.05, 0) is 33.1 Å². The number of carbonyl (C=O) groups is 6. The van der Waals surface area contributed by atoms with E-state index in [1.165, 1.54) is 12.2 Å². The lowest BCUT2D eigenvalue weighted by atomic mass is 10.1. The Kier molecular flexibility index (Phi) is 36.8. The van der Waals surface area contributed by atoms with Gasteiger partial charge in [0.1, 0.15) is 11.6 Å². The first-order valence-corrected chi connectivity index (χ1v) is 22.0. The molecule has 0 saturated heterocycles. The van der Waals surface area contributed by atoms with Crippen LogP contribution < -0.4 is 0 Å². The third kappa shape index (κ3) is 31.2. The molecule has 4 amide bonds. The normalized spacial score (nSPS) is 13.8. The Balaban J connectivity index is 0.000000686. The highest BCUT2D eigenvalue weighted by Crippen LogP contribution is 2.14. The average molecular weight is 903 g/mol. The number of rotatable bonds is 43. The first-order chi connectivity index (χ1) is 30.6. The van der Waals surface area contributed by atoms with Gasteiger partial charge in [-0.1, -0.05) is 6.92 Å². The summed E-state index contributed by atoms with van der Waals surface area (Å²) in [5.41, 5.74) is 0.829. The highest BCUT2D eigenvalue weighted by molar-refractivity contribution is 6.16. The molecule has 2 rings (SSSR count). The van der Waals surface area contributed by atoms with Crippen molar-refractivity contribution in [2.45, 2.75) is 65.7 Å². The lowest BCUT2D eigenvalue weighted by Crippen LogP contribution is -2.32. The average Bonchev–Trinajstić information content (AvgIpc) is 3.66. The molecule has 0 fully saturated rings. The van der Waals surface area contributed by atoms with Gasteiger partial charge in [0, 0.05) is 89.0 Å². The van der Waals surface area contributed by atoms with Gasteiger partial charge in [0.15, 0.2) is 0 Å². The standard InChI is InChI=1S/C26H45NO11.C18H29NO6/c1-23-22-25(29)27(26(23)30)6-5-24(28)4-3-7-32-10-11-34-14-15-36-18-19-38-21-20-37-17-16-35-13-12-33-9-8-31-2;1-3-8-23-10-12-25-13-11-24-9-4-5-16(20)6-7-19-17(21)14-15(2)18(19)22/h22H,3-21H2,1-2H3;14H,3-13H2,1-2H3. The summed E-state index contributed by atoms with van der Waals surface area (Å²) in [6.45, 7) is 16.4. The second kappa shape index (κ2) is 40.2. The van der Waals surface area contributed by atoms with E-state index < -0.39 is 0 Å². The lowest BCUT2D eigenvalue weighted by Gasteiger charge is -2.13. The van der Waals surface area contributed by atoms with Crippen LogP contribution >= 0.6 is 0 Å². The van der Waals surface area contributed by atoms with Crippen LogP contribution in [0.5, 0.6) is 0 Å². The van der Waals surface area contributed by atoms with E-state index in [1.807, 2.05) is 0 Å². The molecule has 0 aliphatic carbocycles. The lowest BCUT2D eigenvalue weighted by molar-refractivity contribution is -0.139. The summed E-state index contributed by atoms with van der Waals surface area (Å²) in [7, 11) is 1.64. The van der Waals surface area contributed by atoms with Gasteiger partial charge in [0.05, 0.1) is 119 Å². The molecule has 0 atom stereocenters. The summed E-state index contributed by atoms with van der Waals surface area (Å²) in [5.74, 6) is -1.28. The zero-order valence-corrected chi connectivity index (χ0v) is 38.2. The number of ketones is 2. The highest BCUT2D eigenvalue weighted by Gasteiger charge is 2.29. The van der Waals surface area contributed by atoms with Crippen molar-refractivity contribution < 1.29 is 80.9 Å². The van der Waals surface area contributed by atoms with Crippen molar-refractivity contribution in [1.82, 2.24) is 9.80 Å². The second-order valence-corrected chi connectivity index (χ2v) is 14.1. The first-order valence-electron chi connectivity index (χ1n) is 22.0. The monoisotopic (exact) mass is 902 g/mol. The Hall–Kier alpha value is -3.34. The fourth-order valence-electron chi connectivity index (χ4n) is 5.41. The van der Waals surface area contributed by atoms with Crippen LogP contribution in [0.25, 0.3) is 0 Å². The molecule has 2 heterocycles. The molecule has 19 heteroatoms. The van der Waals surface area contributed by atoms with E-state index in [0.717, 1.165) is 22.8 Å². The quantitative estimate of drug-likeness (QED) is 0.0635. The van der Waals surface area contributed by atoms with E-state index in [-0.39, 0.29) is 61.1 Å². The fraction of sp³-hybridized carbons (Fsp3) is 0.773. The SMILES string of the molecule is CCCOCCOCCOCCCC(=O)CCN1C(=O)C=C(C)C1=O.COCCOCCOCCOCCOCCOCCOCCOCCCC(=O)CCN1C(=O)C=C(C)C1=O. The van der Waals surface area contributed by atoms with Crippen molar-refractivity contribution in [1.29, 1.82) is 0 Å². The van der Waals surface area contributed by atoms with E-state index in [2.05, 4.69) is 6.92 Å². The zero-order valence-electron chi connectivity index (χ0n) is 38.2. The number of hydrogen-bond donors (Lipinski definition) is 0. The van der Waals surface area contributed by atoms with Crippen molar-refractivity contribution in [2.24, 2.45) is 0 Å². The molecule has 0 aromatic rings. The van der Waals surface area contributed by atoms with Crippen LogP contribution in [0.4, 0.5) is 0 Å². The van der Waals surface area contributed by atoms with E-state index >= 15 is 0 Å². The molecule has 0 spiro atoms. The molecule has 0 radical (unpaired) electrons. The molecule has 0 aromatic carbocycles. The minimum absolute atomic E-state index is 0.00443. The number of imide groups is 2.